The number of phenols is 1. The first kappa shape index (κ1) is 11.7. The Balaban J connectivity index is 2.11. The fraction of sp³-hybridized carbons (Fsp3) is 0.455. The standard InChI is InChI=1S/C11H15NO3S/c13-5-11(6-14)7-16-10(12-11)8-1-3-9(15)4-2-8/h1-4,10,12-15H,5-7H2/t10-/m1/s1. The van der Waals surface area contributed by atoms with Gasteiger partial charge in [0, 0.05) is 5.75 Å². The minimum Gasteiger partial charge on any atom is -0.508 e. The van der Waals surface area contributed by atoms with Crippen LogP contribution in [0.3, 0.4) is 0 Å². The first-order chi connectivity index (χ1) is 7.69. The van der Waals surface area contributed by atoms with Gasteiger partial charge in [-0.15, -0.1) is 11.8 Å². The normalized spacial score (nSPS) is 23.5. The van der Waals surface area contributed by atoms with Gasteiger partial charge in [0.05, 0.1) is 24.1 Å². The van der Waals surface area contributed by atoms with Crippen molar-refractivity contribution in [2.45, 2.75) is 10.9 Å². The number of thioether (sulfide) groups is 1. The zero-order valence-corrected chi connectivity index (χ0v) is 9.57. The Bertz CT molecular complexity index is 351. The van der Waals surface area contributed by atoms with Crippen LogP contribution in [0.5, 0.6) is 5.75 Å². The van der Waals surface area contributed by atoms with E-state index >= 15 is 0 Å². The van der Waals surface area contributed by atoms with E-state index in [0.717, 1.165) is 5.56 Å². The molecule has 1 heterocycles. The number of aliphatic hydroxyl groups excluding tert-OH is 2. The van der Waals surface area contributed by atoms with Crippen molar-refractivity contribution in [3.8, 4) is 5.75 Å². The highest BCUT2D eigenvalue weighted by molar-refractivity contribution is 7.99. The Morgan fingerprint density at radius 2 is 1.88 bits per heavy atom. The van der Waals surface area contributed by atoms with Crippen molar-refractivity contribution in [3.63, 3.8) is 0 Å². The number of nitrogens with one attached hydrogen (secondary N) is 1. The molecule has 1 aliphatic heterocycles. The molecule has 0 unspecified atom stereocenters. The van der Waals surface area contributed by atoms with Crippen LogP contribution in [0.2, 0.25) is 0 Å². The Hall–Kier alpha value is -0.750. The summed E-state index contributed by atoms with van der Waals surface area (Å²) < 4.78 is 0. The third kappa shape index (κ3) is 2.17. The van der Waals surface area contributed by atoms with Crippen LogP contribution in [-0.4, -0.2) is 39.8 Å². The molecule has 2 rings (SSSR count). The van der Waals surface area contributed by atoms with Gasteiger partial charge in [-0.25, -0.2) is 0 Å². The summed E-state index contributed by atoms with van der Waals surface area (Å²) in [5.41, 5.74) is 0.444. The molecular formula is C11H15NO3S. The maximum absolute atomic E-state index is 9.25. The molecule has 0 amide bonds. The summed E-state index contributed by atoms with van der Waals surface area (Å²) in [4.78, 5) is 0. The number of hydrogen-bond donors (Lipinski definition) is 4. The molecule has 4 N–H and O–H groups in total. The zero-order valence-electron chi connectivity index (χ0n) is 8.76. The number of aliphatic hydroxyl groups is 2. The molecule has 0 aromatic heterocycles. The number of phenolic OH excluding ortho intramolecular Hbond substituents is 1. The molecule has 88 valence electrons. The third-order valence-electron chi connectivity index (χ3n) is 2.76. The van der Waals surface area contributed by atoms with Crippen LogP contribution in [0.15, 0.2) is 24.3 Å². The Kier molecular flexibility index (Phi) is 3.39. The highest BCUT2D eigenvalue weighted by Gasteiger charge is 2.38. The quantitative estimate of drug-likeness (QED) is 0.618. The molecule has 0 radical (unpaired) electrons. The van der Waals surface area contributed by atoms with Gasteiger partial charge < -0.3 is 15.3 Å². The maximum Gasteiger partial charge on any atom is 0.115 e. The van der Waals surface area contributed by atoms with E-state index in [9.17, 15) is 15.3 Å². The Labute approximate surface area is 98.3 Å². The van der Waals surface area contributed by atoms with Gasteiger partial charge in [0.1, 0.15) is 5.75 Å². The lowest BCUT2D eigenvalue weighted by atomic mass is 10.0. The molecular weight excluding hydrogens is 226 g/mol. The van der Waals surface area contributed by atoms with Crippen LogP contribution in [0.4, 0.5) is 0 Å². The van der Waals surface area contributed by atoms with Gasteiger partial charge in [-0.3, -0.25) is 5.32 Å². The Morgan fingerprint density at radius 1 is 1.25 bits per heavy atom. The predicted octanol–water partition coefficient (Wildman–Crippen LogP) is 0.451. The number of benzene rings is 1. The van der Waals surface area contributed by atoms with Gasteiger partial charge >= 0.3 is 0 Å². The van der Waals surface area contributed by atoms with Gasteiger partial charge in [-0.1, -0.05) is 12.1 Å². The molecule has 4 nitrogen and oxygen atoms in total. The van der Waals surface area contributed by atoms with E-state index in [1.54, 1.807) is 23.9 Å². The van der Waals surface area contributed by atoms with Gasteiger partial charge in [-0.2, -0.15) is 0 Å². The molecule has 5 heteroatoms. The SMILES string of the molecule is OCC1(CO)CS[C@H](c2ccc(O)cc2)N1. The van der Waals surface area contributed by atoms with E-state index in [1.807, 2.05) is 12.1 Å². The van der Waals surface area contributed by atoms with Crippen LogP contribution in [-0.2, 0) is 0 Å². The highest BCUT2D eigenvalue weighted by Crippen LogP contribution is 2.37. The highest BCUT2D eigenvalue weighted by atomic mass is 32.2. The summed E-state index contributed by atoms with van der Waals surface area (Å²) in [7, 11) is 0. The summed E-state index contributed by atoms with van der Waals surface area (Å²) in [6.45, 7) is -0.157. The molecule has 1 aromatic carbocycles. The second-order valence-electron chi connectivity index (χ2n) is 4.02. The summed E-state index contributed by atoms with van der Waals surface area (Å²) in [5.74, 6) is 0.910. The smallest absolute Gasteiger partial charge is 0.115 e. The molecule has 1 fully saturated rings. The van der Waals surface area contributed by atoms with E-state index in [2.05, 4.69) is 5.32 Å². The van der Waals surface area contributed by atoms with Crippen molar-refractivity contribution in [2.75, 3.05) is 19.0 Å². The van der Waals surface area contributed by atoms with E-state index in [0.29, 0.717) is 5.75 Å². The van der Waals surface area contributed by atoms with Crippen molar-refractivity contribution in [1.29, 1.82) is 0 Å². The van der Waals surface area contributed by atoms with Crippen molar-refractivity contribution < 1.29 is 15.3 Å². The monoisotopic (exact) mass is 241 g/mol. The van der Waals surface area contributed by atoms with Crippen molar-refractivity contribution in [1.82, 2.24) is 5.32 Å². The molecule has 0 bridgehead atoms. The molecule has 0 saturated carbocycles. The summed E-state index contributed by atoms with van der Waals surface area (Å²) in [6, 6.07) is 6.95. The van der Waals surface area contributed by atoms with E-state index in [-0.39, 0.29) is 24.3 Å². The average molecular weight is 241 g/mol. The molecule has 16 heavy (non-hydrogen) atoms. The third-order valence-corrected chi connectivity index (χ3v) is 4.21. The molecule has 0 aliphatic carbocycles. The van der Waals surface area contributed by atoms with E-state index < -0.39 is 5.54 Å². The van der Waals surface area contributed by atoms with E-state index in [1.165, 1.54) is 0 Å². The molecule has 1 aliphatic rings. The van der Waals surface area contributed by atoms with Gasteiger partial charge in [0.25, 0.3) is 0 Å². The lowest BCUT2D eigenvalue weighted by Crippen LogP contribution is -2.49. The lowest BCUT2D eigenvalue weighted by Gasteiger charge is -2.24. The number of aromatic hydroxyl groups is 1. The second kappa shape index (κ2) is 4.63. The van der Waals surface area contributed by atoms with Gasteiger partial charge in [-0.05, 0) is 17.7 Å². The minimum atomic E-state index is -0.590. The van der Waals surface area contributed by atoms with Crippen molar-refractivity contribution in [3.05, 3.63) is 29.8 Å². The fourth-order valence-electron chi connectivity index (χ4n) is 1.67. The topological polar surface area (TPSA) is 72.7 Å². The first-order valence-corrected chi connectivity index (χ1v) is 6.14. The summed E-state index contributed by atoms with van der Waals surface area (Å²) in [6.07, 6.45) is 0. The first-order valence-electron chi connectivity index (χ1n) is 5.09. The molecule has 0 spiro atoms. The summed E-state index contributed by atoms with van der Waals surface area (Å²) >= 11 is 1.64. The average Bonchev–Trinajstić information content (AvgIpc) is 2.75. The number of hydrogen-bond acceptors (Lipinski definition) is 5. The van der Waals surface area contributed by atoms with Crippen LogP contribution in [0, 0.1) is 0 Å². The second-order valence-corrected chi connectivity index (χ2v) is 5.12. The van der Waals surface area contributed by atoms with E-state index in [4.69, 9.17) is 0 Å². The van der Waals surface area contributed by atoms with Gasteiger partial charge in [0.15, 0.2) is 0 Å². The van der Waals surface area contributed by atoms with Crippen molar-refractivity contribution >= 4 is 11.8 Å². The largest absolute Gasteiger partial charge is 0.508 e. The molecule has 1 aromatic rings. The molecule has 1 saturated heterocycles. The summed E-state index contributed by atoms with van der Waals surface area (Å²) in [5, 5.41) is 31.0. The number of rotatable bonds is 3. The maximum atomic E-state index is 9.25. The van der Waals surface area contributed by atoms with Crippen molar-refractivity contribution in [2.24, 2.45) is 0 Å². The fourth-order valence-corrected chi connectivity index (χ4v) is 3.10. The zero-order chi connectivity index (χ0) is 11.6. The predicted molar refractivity (Wildman–Crippen MR) is 63.3 cm³/mol. The van der Waals surface area contributed by atoms with Gasteiger partial charge in [0.2, 0.25) is 0 Å². The Morgan fingerprint density at radius 3 is 2.38 bits per heavy atom. The molecule has 1 atom stereocenters. The lowest BCUT2D eigenvalue weighted by molar-refractivity contribution is 0.112. The minimum absolute atomic E-state index is 0.0555. The van der Waals surface area contributed by atoms with Crippen LogP contribution in [0.25, 0.3) is 0 Å². The van der Waals surface area contributed by atoms with Crippen LogP contribution < -0.4 is 5.32 Å². The van der Waals surface area contributed by atoms with Crippen LogP contribution in [0.1, 0.15) is 10.9 Å². The van der Waals surface area contributed by atoms with Crippen LogP contribution >= 0.6 is 11.8 Å².